The van der Waals surface area contributed by atoms with Crippen LogP contribution in [0.15, 0.2) is 36.4 Å². The molecule has 0 saturated carbocycles. The summed E-state index contributed by atoms with van der Waals surface area (Å²) in [5, 5.41) is -0.301. The SMILES string of the molecule is CS(=O)(=O)C1CCN(C(=O)/C=C/c2ccccc2)CC1. The van der Waals surface area contributed by atoms with Gasteiger partial charge in [-0.05, 0) is 24.5 Å². The summed E-state index contributed by atoms with van der Waals surface area (Å²) in [5.41, 5.74) is 0.979. The van der Waals surface area contributed by atoms with E-state index in [0.29, 0.717) is 25.9 Å². The number of amides is 1. The third-order valence-electron chi connectivity index (χ3n) is 3.58. The Morgan fingerprint density at radius 3 is 2.35 bits per heavy atom. The molecule has 0 aliphatic carbocycles. The van der Waals surface area contributed by atoms with Crippen molar-refractivity contribution in [3.8, 4) is 0 Å². The Morgan fingerprint density at radius 2 is 1.80 bits per heavy atom. The third-order valence-corrected chi connectivity index (χ3v) is 5.26. The molecule has 1 aromatic carbocycles. The zero-order valence-corrected chi connectivity index (χ0v) is 12.3. The van der Waals surface area contributed by atoms with Gasteiger partial charge in [0, 0.05) is 25.4 Å². The summed E-state index contributed by atoms with van der Waals surface area (Å²) >= 11 is 0. The van der Waals surface area contributed by atoms with Crippen LogP contribution in [-0.2, 0) is 14.6 Å². The number of likely N-dealkylation sites (tertiary alicyclic amines) is 1. The monoisotopic (exact) mass is 293 g/mol. The van der Waals surface area contributed by atoms with Crippen LogP contribution < -0.4 is 0 Å². The molecule has 5 heteroatoms. The molecule has 4 nitrogen and oxygen atoms in total. The van der Waals surface area contributed by atoms with Crippen LogP contribution in [0, 0.1) is 0 Å². The van der Waals surface area contributed by atoms with Crippen molar-refractivity contribution < 1.29 is 13.2 Å². The number of carbonyl (C=O) groups excluding carboxylic acids is 1. The number of carbonyl (C=O) groups is 1. The van der Waals surface area contributed by atoms with E-state index in [4.69, 9.17) is 0 Å². The van der Waals surface area contributed by atoms with Crippen molar-refractivity contribution in [3.05, 3.63) is 42.0 Å². The lowest BCUT2D eigenvalue weighted by Gasteiger charge is -2.30. The van der Waals surface area contributed by atoms with Crippen LogP contribution >= 0.6 is 0 Å². The van der Waals surface area contributed by atoms with Gasteiger partial charge in [0.05, 0.1) is 5.25 Å². The van der Waals surface area contributed by atoms with Crippen LogP contribution in [0.3, 0.4) is 0 Å². The number of nitrogens with zero attached hydrogens (tertiary/aromatic N) is 1. The fraction of sp³-hybridized carbons (Fsp3) is 0.400. The predicted molar refractivity (Wildman–Crippen MR) is 79.9 cm³/mol. The van der Waals surface area contributed by atoms with E-state index in [2.05, 4.69) is 0 Å². The summed E-state index contributed by atoms with van der Waals surface area (Å²) in [7, 11) is -2.99. The Bertz CT molecular complexity index is 585. The Morgan fingerprint density at radius 1 is 1.20 bits per heavy atom. The van der Waals surface area contributed by atoms with Gasteiger partial charge in [0.25, 0.3) is 0 Å². The Hall–Kier alpha value is -1.62. The minimum atomic E-state index is -2.99. The van der Waals surface area contributed by atoms with Crippen LogP contribution in [0.1, 0.15) is 18.4 Å². The van der Waals surface area contributed by atoms with E-state index in [1.807, 2.05) is 30.3 Å². The van der Waals surface area contributed by atoms with E-state index in [1.165, 1.54) is 6.26 Å². The smallest absolute Gasteiger partial charge is 0.246 e. The molecule has 0 bridgehead atoms. The quantitative estimate of drug-likeness (QED) is 0.798. The second-order valence-corrected chi connectivity index (χ2v) is 7.42. The molecule has 1 saturated heterocycles. The third kappa shape index (κ3) is 3.93. The van der Waals surface area contributed by atoms with Crippen molar-refractivity contribution in [2.75, 3.05) is 19.3 Å². The van der Waals surface area contributed by atoms with Gasteiger partial charge in [0.15, 0.2) is 0 Å². The van der Waals surface area contributed by atoms with E-state index < -0.39 is 9.84 Å². The lowest BCUT2D eigenvalue weighted by Crippen LogP contribution is -2.41. The van der Waals surface area contributed by atoms with Crippen molar-refractivity contribution in [2.24, 2.45) is 0 Å². The van der Waals surface area contributed by atoms with Gasteiger partial charge < -0.3 is 4.90 Å². The highest BCUT2D eigenvalue weighted by Gasteiger charge is 2.27. The molecule has 2 rings (SSSR count). The van der Waals surface area contributed by atoms with Gasteiger partial charge in [-0.2, -0.15) is 0 Å². The van der Waals surface area contributed by atoms with Crippen LogP contribution in [-0.4, -0.2) is 43.8 Å². The highest BCUT2D eigenvalue weighted by atomic mass is 32.2. The maximum Gasteiger partial charge on any atom is 0.246 e. The second-order valence-electron chi connectivity index (χ2n) is 5.10. The summed E-state index contributed by atoms with van der Waals surface area (Å²) in [6.45, 7) is 1.02. The molecule has 20 heavy (non-hydrogen) atoms. The van der Waals surface area contributed by atoms with Gasteiger partial charge in [0.1, 0.15) is 9.84 Å². The largest absolute Gasteiger partial charge is 0.339 e. The van der Waals surface area contributed by atoms with E-state index in [1.54, 1.807) is 17.1 Å². The van der Waals surface area contributed by atoms with Crippen molar-refractivity contribution in [1.82, 2.24) is 4.90 Å². The summed E-state index contributed by atoms with van der Waals surface area (Å²) in [5.74, 6) is -0.0548. The minimum absolute atomic E-state index is 0.0548. The summed E-state index contributed by atoms with van der Waals surface area (Å²) in [6.07, 6.45) is 5.67. The molecule has 1 amide bonds. The second kappa shape index (κ2) is 6.22. The lowest BCUT2D eigenvalue weighted by molar-refractivity contribution is -0.126. The summed E-state index contributed by atoms with van der Waals surface area (Å²) in [6, 6.07) is 9.62. The Labute approximate surface area is 120 Å². The van der Waals surface area contributed by atoms with Gasteiger partial charge in [0.2, 0.25) is 5.91 Å². The zero-order chi connectivity index (χ0) is 14.6. The molecule has 1 aliphatic heterocycles. The van der Waals surface area contributed by atoms with Crippen molar-refractivity contribution >= 4 is 21.8 Å². The fourth-order valence-electron chi connectivity index (χ4n) is 2.34. The minimum Gasteiger partial charge on any atom is -0.339 e. The summed E-state index contributed by atoms with van der Waals surface area (Å²) < 4.78 is 22.9. The maximum atomic E-state index is 12.0. The van der Waals surface area contributed by atoms with Gasteiger partial charge in [-0.3, -0.25) is 4.79 Å². The molecule has 1 aromatic rings. The van der Waals surface area contributed by atoms with Gasteiger partial charge in [-0.25, -0.2) is 8.42 Å². The zero-order valence-electron chi connectivity index (χ0n) is 11.5. The van der Waals surface area contributed by atoms with Crippen LogP contribution in [0.5, 0.6) is 0 Å². The molecular formula is C15H19NO3S. The van der Waals surface area contributed by atoms with Gasteiger partial charge in [-0.1, -0.05) is 30.3 Å². The van der Waals surface area contributed by atoms with E-state index >= 15 is 0 Å². The predicted octanol–water partition coefficient (Wildman–Crippen LogP) is 1.74. The molecule has 0 spiro atoms. The molecular weight excluding hydrogens is 274 g/mol. The van der Waals surface area contributed by atoms with Crippen molar-refractivity contribution in [1.29, 1.82) is 0 Å². The molecule has 0 radical (unpaired) electrons. The van der Waals surface area contributed by atoms with E-state index in [0.717, 1.165) is 5.56 Å². The van der Waals surface area contributed by atoms with Crippen LogP contribution in [0.25, 0.3) is 6.08 Å². The Kier molecular flexibility index (Phi) is 4.60. The number of rotatable bonds is 3. The van der Waals surface area contributed by atoms with Gasteiger partial charge >= 0.3 is 0 Å². The molecule has 1 fully saturated rings. The molecule has 108 valence electrons. The highest BCUT2D eigenvalue weighted by molar-refractivity contribution is 7.91. The fourth-order valence-corrected chi connectivity index (χ4v) is 3.41. The maximum absolute atomic E-state index is 12.0. The average Bonchev–Trinajstić information content (AvgIpc) is 2.45. The number of hydrogen-bond acceptors (Lipinski definition) is 3. The average molecular weight is 293 g/mol. The Balaban J connectivity index is 1.91. The first kappa shape index (κ1) is 14.8. The van der Waals surface area contributed by atoms with Gasteiger partial charge in [-0.15, -0.1) is 0 Å². The van der Waals surface area contributed by atoms with E-state index in [-0.39, 0.29) is 11.2 Å². The molecule has 0 N–H and O–H groups in total. The summed E-state index contributed by atoms with van der Waals surface area (Å²) in [4.78, 5) is 13.7. The van der Waals surface area contributed by atoms with Crippen molar-refractivity contribution in [3.63, 3.8) is 0 Å². The number of benzene rings is 1. The van der Waals surface area contributed by atoms with Crippen molar-refractivity contribution in [2.45, 2.75) is 18.1 Å². The molecule has 1 aliphatic rings. The molecule has 0 aromatic heterocycles. The number of hydrogen-bond donors (Lipinski definition) is 0. The highest BCUT2D eigenvalue weighted by Crippen LogP contribution is 2.17. The number of piperidine rings is 1. The standard InChI is InChI=1S/C15H19NO3S/c1-20(18,19)14-9-11-16(12-10-14)15(17)8-7-13-5-3-2-4-6-13/h2-8,14H,9-12H2,1H3/b8-7+. The number of sulfone groups is 1. The first-order valence-electron chi connectivity index (χ1n) is 6.68. The van der Waals surface area contributed by atoms with Crippen LogP contribution in [0.4, 0.5) is 0 Å². The normalized spacial score (nSPS) is 17.6. The molecule has 1 heterocycles. The van der Waals surface area contributed by atoms with E-state index in [9.17, 15) is 13.2 Å². The lowest BCUT2D eigenvalue weighted by atomic mass is 10.1. The first-order valence-corrected chi connectivity index (χ1v) is 8.63. The topological polar surface area (TPSA) is 54.5 Å². The first-order chi connectivity index (χ1) is 9.47. The molecule has 0 unspecified atom stereocenters. The molecule has 0 atom stereocenters. The van der Waals surface area contributed by atoms with Crippen LogP contribution in [0.2, 0.25) is 0 Å².